The maximum atomic E-state index is 12.9. The monoisotopic (exact) mass is 389 g/mol. The quantitative estimate of drug-likeness (QED) is 0.468. The molecule has 0 radical (unpaired) electrons. The molecule has 0 fully saturated rings. The van der Waals surface area contributed by atoms with E-state index in [1.807, 2.05) is 55.5 Å². The van der Waals surface area contributed by atoms with Gasteiger partial charge in [-0.15, -0.1) is 0 Å². The van der Waals surface area contributed by atoms with Crippen LogP contribution >= 0.6 is 0 Å². The fourth-order valence-corrected chi connectivity index (χ4v) is 3.15. The SMILES string of the molecule is CCOc1ccc(NC(CC(=O)c2ccc(OC)cc2)c2ccc(C)cc2)cc1. The summed E-state index contributed by atoms with van der Waals surface area (Å²) in [5.41, 5.74) is 3.89. The molecule has 3 rings (SSSR count). The summed E-state index contributed by atoms with van der Waals surface area (Å²) < 4.78 is 10.7. The van der Waals surface area contributed by atoms with Crippen molar-refractivity contribution in [3.63, 3.8) is 0 Å². The summed E-state index contributed by atoms with van der Waals surface area (Å²) in [6, 6.07) is 23.2. The Labute approximate surface area is 172 Å². The van der Waals surface area contributed by atoms with E-state index in [4.69, 9.17) is 9.47 Å². The van der Waals surface area contributed by atoms with Crippen LogP contribution in [0.25, 0.3) is 0 Å². The van der Waals surface area contributed by atoms with Gasteiger partial charge in [-0.05, 0) is 67.9 Å². The fourth-order valence-electron chi connectivity index (χ4n) is 3.15. The highest BCUT2D eigenvalue weighted by molar-refractivity contribution is 5.96. The number of anilines is 1. The van der Waals surface area contributed by atoms with Gasteiger partial charge in [-0.25, -0.2) is 0 Å². The number of hydrogen-bond acceptors (Lipinski definition) is 4. The second-order valence-corrected chi connectivity index (χ2v) is 6.92. The smallest absolute Gasteiger partial charge is 0.165 e. The number of Topliss-reactive ketones (excluding diaryl/α,β-unsaturated/α-hetero) is 1. The molecule has 150 valence electrons. The number of methoxy groups -OCH3 is 1. The Kier molecular flexibility index (Phi) is 6.90. The first-order chi connectivity index (χ1) is 14.1. The second-order valence-electron chi connectivity index (χ2n) is 6.92. The number of ether oxygens (including phenoxy) is 2. The van der Waals surface area contributed by atoms with E-state index in [1.54, 1.807) is 7.11 Å². The summed E-state index contributed by atoms with van der Waals surface area (Å²) >= 11 is 0. The van der Waals surface area contributed by atoms with Crippen LogP contribution in [0.1, 0.15) is 40.9 Å². The Morgan fingerprint density at radius 3 is 2.10 bits per heavy atom. The number of carbonyl (C=O) groups is 1. The lowest BCUT2D eigenvalue weighted by atomic mass is 9.97. The van der Waals surface area contributed by atoms with Crippen LogP contribution in [0.15, 0.2) is 72.8 Å². The number of carbonyl (C=O) groups excluding carboxylic acids is 1. The first-order valence-electron chi connectivity index (χ1n) is 9.82. The van der Waals surface area contributed by atoms with Crippen LogP contribution in [-0.2, 0) is 0 Å². The topological polar surface area (TPSA) is 47.6 Å². The van der Waals surface area contributed by atoms with E-state index in [0.717, 1.165) is 22.7 Å². The van der Waals surface area contributed by atoms with Crippen LogP contribution in [0.2, 0.25) is 0 Å². The van der Waals surface area contributed by atoms with Crippen LogP contribution in [0.4, 0.5) is 5.69 Å². The Balaban J connectivity index is 1.80. The van der Waals surface area contributed by atoms with Crippen LogP contribution in [0.3, 0.4) is 0 Å². The van der Waals surface area contributed by atoms with Gasteiger partial charge in [0.2, 0.25) is 0 Å². The van der Waals surface area contributed by atoms with Crippen molar-refractivity contribution in [3.05, 3.63) is 89.5 Å². The molecule has 4 nitrogen and oxygen atoms in total. The molecule has 0 heterocycles. The van der Waals surface area contributed by atoms with Crippen molar-refractivity contribution in [2.24, 2.45) is 0 Å². The number of ketones is 1. The third-order valence-electron chi connectivity index (χ3n) is 4.79. The average molecular weight is 389 g/mol. The van der Waals surface area contributed by atoms with Crippen molar-refractivity contribution in [3.8, 4) is 11.5 Å². The summed E-state index contributed by atoms with van der Waals surface area (Å²) in [5, 5.41) is 3.51. The Bertz CT molecular complexity index is 916. The number of nitrogens with one attached hydrogen (secondary N) is 1. The molecule has 0 amide bonds. The van der Waals surface area contributed by atoms with Gasteiger partial charge in [-0.3, -0.25) is 4.79 Å². The summed E-state index contributed by atoms with van der Waals surface area (Å²) in [7, 11) is 1.62. The lowest BCUT2D eigenvalue weighted by Crippen LogP contribution is -2.16. The molecule has 3 aromatic carbocycles. The zero-order valence-corrected chi connectivity index (χ0v) is 17.1. The molecule has 1 atom stereocenters. The third kappa shape index (κ3) is 5.61. The molecule has 29 heavy (non-hydrogen) atoms. The van der Waals surface area contributed by atoms with Gasteiger partial charge in [-0.1, -0.05) is 29.8 Å². The highest BCUT2D eigenvalue weighted by atomic mass is 16.5. The zero-order valence-electron chi connectivity index (χ0n) is 17.1. The maximum absolute atomic E-state index is 12.9. The normalized spacial score (nSPS) is 11.6. The van der Waals surface area contributed by atoms with Crippen LogP contribution in [0.5, 0.6) is 11.5 Å². The van der Waals surface area contributed by atoms with E-state index < -0.39 is 0 Å². The highest BCUT2D eigenvalue weighted by Crippen LogP contribution is 2.26. The van der Waals surface area contributed by atoms with E-state index in [2.05, 4.69) is 36.5 Å². The standard InChI is InChI=1S/C25H27NO3/c1-4-29-23-15-11-21(12-16-23)26-24(19-7-5-18(2)6-8-19)17-25(27)20-9-13-22(28-3)14-10-20/h5-16,24,26H,4,17H2,1-3H3. The van der Waals surface area contributed by atoms with Crippen molar-refractivity contribution >= 4 is 11.5 Å². The van der Waals surface area contributed by atoms with Crippen LogP contribution < -0.4 is 14.8 Å². The maximum Gasteiger partial charge on any atom is 0.165 e. The molecule has 0 aliphatic rings. The highest BCUT2D eigenvalue weighted by Gasteiger charge is 2.17. The fraction of sp³-hybridized carbons (Fsp3) is 0.240. The average Bonchev–Trinajstić information content (AvgIpc) is 2.75. The molecule has 0 aromatic heterocycles. The van der Waals surface area contributed by atoms with Crippen LogP contribution in [-0.4, -0.2) is 19.5 Å². The van der Waals surface area contributed by atoms with E-state index >= 15 is 0 Å². The van der Waals surface area contributed by atoms with Crippen molar-refractivity contribution in [2.45, 2.75) is 26.3 Å². The zero-order chi connectivity index (χ0) is 20.6. The van der Waals surface area contributed by atoms with Gasteiger partial charge >= 0.3 is 0 Å². The summed E-state index contributed by atoms with van der Waals surface area (Å²) in [4.78, 5) is 12.9. The molecule has 3 aromatic rings. The van der Waals surface area contributed by atoms with Gasteiger partial charge < -0.3 is 14.8 Å². The first-order valence-corrected chi connectivity index (χ1v) is 9.82. The lowest BCUT2D eigenvalue weighted by molar-refractivity contribution is 0.0976. The van der Waals surface area contributed by atoms with Crippen molar-refractivity contribution in [1.29, 1.82) is 0 Å². The van der Waals surface area contributed by atoms with E-state index in [1.165, 1.54) is 5.56 Å². The Morgan fingerprint density at radius 1 is 0.897 bits per heavy atom. The predicted octanol–water partition coefficient (Wildman–Crippen LogP) is 5.83. The number of rotatable bonds is 9. The Hall–Kier alpha value is -3.27. The molecule has 4 heteroatoms. The molecule has 0 saturated heterocycles. The number of aryl methyl sites for hydroxylation is 1. The van der Waals surface area contributed by atoms with Gasteiger partial charge in [-0.2, -0.15) is 0 Å². The molecular weight excluding hydrogens is 362 g/mol. The van der Waals surface area contributed by atoms with Crippen molar-refractivity contribution in [2.75, 3.05) is 19.0 Å². The minimum Gasteiger partial charge on any atom is -0.497 e. The Morgan fingerprint density at radius 2 is 1.52 bits per heavy atom. The van der Waals surface area contributed by atoms with E-state index in [0.29, 0.717) is 18.6 Å². The minimum atomic E-state index is -0.136. The molecule has 0 saturated carbocycles. The number of benzene rings is 3. The predicted molar refractivity (Wildman–Crippen MR) is 117 cm³/mol. The summed E-state index contributed by atoms with van der Waals surface area (Å²) in [6.45, 7) is 4.65. The molecule has 1 N–H and O–H groups in total. The summed E-state index contributed by atoms with van der Waals surface area (Å²) in [5.74, 6) is 1.65. The first kappa shape index (κ1) is 20.5. The second kappa shape index (κ2) is 9.78. The molecule has 0 aliphatic carbocycles. The largest absolute Gasteiger partial charge is 0.497 e. The van der Waals surface area contributed by atoms with Gasteiger partial charge in [0.25, 0.3) is 0 Å². The lowest BCUT2D eigenvalue weighted by Gasteiger charge is -2.20. The molecule has 0 bridgehead atoms. The van der Waals surface area contributed by atoms with Gasteiger partial charge in [0.05, 0.1) is 19.8 Å². The summed E-state index contributed by atoms with van der Waals surface area (Å²) in [6.07, 6.45) is 0.350. The van der Waals surface area contributed by atoms with E-state index in [-0.39, 0.29) is 11.8 Å². The van der Waals surface area contributed by atoms with Gasteiger partial charge in [0.15, 0.2) is 5.78 Å². The third-order valence-corrected chi connectivity index (χ3v) is 4.79. The number of hydrogen-bond donors (Lipinski definition) is 1. The van der Waals surface area contributed by atoms with Gasteiger partial charge in [0.1, 0.15) is 11.5 Å². The van der Waals surface area contributed by atoms with Crippen LogP contribution in [0, 0.1) is 6.92 Å². The van der Waals surface area contributed by atoms with E-state index in [9.17, 15) is 4.79 Å². The van der Waals surface area contributed by atoms with Gasteiger partial charge in [0, 0.05) is 17.7 Å². The molecule has 0 spiro atoms. The van der Waals surface area contributed by atoms with Crippen molar-refractivity contribution in [1.82, 2.24) is 0 Å². The molecule has 1 unspecified atom stereocenters. The molecule has 0 aliphatic heterocycles. The minimum absolute atomic E-state index is 0.0802. The van der Waals surface area contributed by atoms with Crippen molar-refractivity contribution < 1.29 is 14.3 Å². The molecular formula is C25H27NO3.